The van der Waals surface area contributed by atoms with Crippen molar-refractivity contribution >= 4 is 0 Å². The summed E-state index contributed by atoms with van der Waals surface area (Å²) in [7, 11) is 0. The molecule has 2 rings (SSSR count). The van der Waals surface area contributed by atoms with E-state index in [1.807, 2.05) is 0 Å². The first-order chi connectivity index (χ1) is 8.28. The highest BCUT2D eigenvalue weighted by Gasteiger charge is 2.63. The van der Waals surface area contributed by atoms with Crippen LogP contribution in [0.4, 0.5) is 8.78 Å². The lowest BCUT2D eigenvalue weighted by Crippen LogP contribution is -2.19. The zero-order valence-corrected chi connectivity index (χ0v) is 11.5. The van der Waals surface area contributed by atoms with Crippen molar-refractivity contribution in [3.8, 4) is 0 Å². The third kappa shape index (κ3) is 2.05. The van der Waals surface area contributed by atoms with Crippen molar-refractivity contribution in [1.29, 1.82) is 0 Å². The largest absolute Gasteiger partial charge is 0.312 e. The third-order valence-corrected chi connectivity index (χ3v) is 5.02. The molecule has 0 aliphatic heterocycles. The Bertz CT molecular complexity index is 438. The van der Waals surface area contributed by atoms with Crippen LogP contribution in [0, 0.1) is 28.4 Å². The van der Waals surface area contributed by atoms with Crippen LogP contribution in [0.15, 0.2) is 18.2 Å². The van der Waals surface area contributed by atoms with Crippen molar-refractivity contribution in [3.63, 3.8) is 0 Å². The van der Waals surface area contributed by atoms with Crippen LogP contribution in [0.5, 0.6) is 0 Å². The highest BCUT2D eigenvalue weighted by atomic mass is 19.2. The zero-order valence-electron chi connectivity index (χ0n) is 11.5. The quantitative estimate of drug-likeness (QED) is 0.862. The van der Waals surface area contributed by atoms with Crippen LogP contribution in [0.1, 0.15) is 33.3 Å². The maximum atomic E-state index is 13.4. The highest BCUT2D eigenvalue weighted by Crippen LogP contribution is 2.67. The smallest absolute Gasteiger partial charge is 0.163 e. The summed E-state index contributed by atoms with van der Waals surface area (Å²) in [4.78, 5) is 0. The van der Waals surface area contributed by atoms with Crippen molar-refractivity contribution in [1.82, 2.24) is 5.32 Å². The van der Waals surface area contributed by atoms with E-state index in [2.05, 4.69) is 33.0 Å². The lowest BCUT2D eigenvalue weighted by atomic mass is 10.0. The molecule has 0 aromatic heterocycles. The normalized spacial score (nSPS) is 21.0. The fourth-order valence-corrected chi connectivity index (χ4v) is 2.88. The number of benzene rings is 1. The predicted octanol–water partition coefficient (Wildman–Crippen LogP) is 3.74. The first-order valence-electron chi connectivity index (χ1n) is 6.42. The lowest BCUT2D eigenvalue weighted by Gasteiger charge is -2.07. The Balaban J connectivity index is 1.89. The van der Waals surface area contributed by atoms with Crippen molar-refractivity contribution in [2.24, 2.45) is 16.7 Å². The van der Waals surface area contributed by atoms with E-state index < -0.39 is 11.6 Å². The minimum atomic E-state index is -0.776. The molecule has 1 fully saturated rings. The molecule has 0 radical (unpaired) electrons. The summed E-state index contributed by atoms with van der Waals surface area (Å²) < 4.78 is 26.5. The van der Waals surface area contributed by atoms with Gasteiger partial charge in [0.2, 0.25) is 0 Å². The molecule has 1 aromatic carbocycles. The van der Waals surface area contributed by atoms with Gasteiger partial charge >= 0.3 is 0 Å². The van der Waals surface area contributed by atoms with Crippen LogP contribution in [-0.2, 0) is 6.54 Å². The molecule has 1 aromatic rings. The van der Waals surface area contributed by atoms with Crippen LogP contribution in [0.2, 0.25) is 0 Å². The molecule has 0 spiro atoms. The second kappa shape index (κ2) is 4.30. The summed E-state index contributed by atoms with van der Waals surface area (Å²) in [5.74, 6) is -0.928. The van der Waals surface area contributed by atoms with Gasteiger partial charge in [0.15, 0.2) is 11.6 Å². The minimum absolute atomic E-state index is 0.320. The van der Waals surface area contributed by atoms with Gasteiger partial charge < -0.3 is 5.32 Å². The molecule has 0 heterocycles. The molecule has 0 saturated heterocycles. The Morgan fingerprint density at radius 2 is 1.72 bits per heavy atom. The minimum Gasteiger partial charge on any atom is -0.312 e. The first kappa shape index (κ1) is 13.5. The first-order valence-corrected chi connectivity index (χ1v) is 6.42. The molecule has 1 N–H and O–H groups in total. The van der Waals surface area contributed by atoms with Gasteiger partial charge in [0.1, 0.15) is 0 Å². The Morgan fingerprint density at radius 3 is 2.28 bits per heavy atom. The van der Waals surface area contributed by atoms with E-state index in [1.54, 1.807) is 12.1 Å². The standard InChI is InChI=1S/C15H21F2N/c1-14(2)12(15(14,3)4)9-18-8-10-6-5-7-11(16)13(10)17/h5-7,12,18H,8-9H2,1-4H3. The molecule has 1 aliphatic carbocycles. The maximum Gasteiger partial charge on any atom is 0.163 e. The van der Waals surface area contributed by atoms with E-state index >= 15 is 0 Å². The van der Waals surface area contributed by atoms with E-state index in [-0.39, 0.29) is 0 Å². The second-order valence-electron chi connectivity index (χ2n) is 6.34. The predicted molar refractivity (Wildman–Crippen MR) is 69.1 cm³/mol. The summed E-state index contributed by atoms with van der Waals surface area (Å²) in [6.07, 6.45) is 0. The van der Waals surface area contributed by atoms with Crippen LogP contribution in [0.25, 0.3) is 0 Å². The molecule has 1 nitrogen and oxygen atoms in total. The van der Waals surface area contributed by atoms with E-state index in [1.165, 1.54) is 0 Å². The second-order valence-corrected chi connectivity index (χ2v) is 6.34. The summed E-state index contributed by atoms with van der Waals surface area (Å²) in [5.41, 5.74) is 1.03. The number of hydrogen-bond acceptors (Lipinski definition) is 1. The topological polar surface area (TPSA) is 12.0 Å². The average molecular weight is 253 g/mol. The maximum absolute atomic E-state index is 13.4. The number of nitrogens with one attached hydrogen (secondary N) is 1. The SMILES string of the molecule is CC1(C)C(CNCc2cccc(F)c2F)C1(C)C. The monoisotopic (exact) mass is 253 g/mol. The molecule has 1 aliphatic rings. The Labute approximate surface area is 108 Å². The molecule has 0 amide bonds. The summed E-state index contributed by atoms with van der Waals surface area (Å²) in [6, 6.07) is 4.31. The Hall–Kier alpha value is -0.960. The van der Waals surface area contributed by atoms with Crippen LogP contribution in [0.3, 0.4) is 0 Å². The number of hydrogen-bond donors (Lipinski definition) is 1. The van der Waals surface area contributed by atoms with Gasteiger partial charge in [0, 0.05) is 12.1 Å². The van der Waals surface area contributed by atoms with Gasteiger partial charge in [-0.05, 0) is 29.4 Å². The van der Waals surface area contributed by atoms with E-state index in [0.717, 1.165) is 12.6 Å². The van der Waals surface area contributed by atoms with Gasteiger partial charge in [0.05, 0.1) is 0 Å². The number of rotatable bonds is 4. The molecule has 18 heavy (non-hydrogen) atoms. The van der Waals surface area contributed by atoms with Crippen molar-refractivity contribution in [2.75, 3.05) is 6.54 Å². The van der Waals surface area contributed by atoms with Gasteiger partial charge in [-0.25, -0.2) is 8.78 Å². The van der Waals surface area contributed by atoms with E-state index in [0.29, 0.717) is 28.9 Å². The summed E-state index contributed by atoms with van der Waals surface area (Å²) >= 11 is 0. The molecule has 0 unspecified atom stereocenters. The molecule has 0 atom stereocenters. The molecular formula is C15H21F2N. The third-order valence-electron chi connectivity index (χ3n) is 5.02. The van der Waals surface area contributed by atoms with E-state index in [4.69, 9.17) is 0 Å². The van der Waals surface area contributed by atoms with Crippen molar-refractivity contribution < 1.29 is 8.78 Å². The molecule has 100 valence electrons. The van der Waals surface area contributed by atoms with Gasteiger partial charge in [-0.15, -0.1) is 0 Å². The molecular weight excluding hydrogens is 232 g/mol. The molecule has 1 saturated carbocycles. The zero-order chi connectivity index (χ0) is 13.6. The van der Waals surface area contributed by atoms with Gasteiger partial charge in [0.25, 0.3) is 0 Å². The lowest BCUT2D eigenvalue weighted by molar-refractivity contribution is 0.457. The van der Waals surface area contributed by atoms with Crippen molar-refractivity contribution in [2.45, 2.75) is 34.2 Å². The Kier molecular flexibility index (Phi) is 3.22. The fraction of sp³-hybridized carbons (Fsp3) is 0.600. The Morgan fingerprint density at radius 1 is 1.11 bits per heavy atom. The molecule has 3 heteroatoms. The van der Waals surface area contributed by atoms with Crippen LogP contribution < -0.4 is 5.32 Å². The summed E-state index contributed by atoms with van der Waals surface area (Å²) in [5, 5.41) is 3.24. The van der Waals surface area contributed by atoms with Crippen LogP contribution in [-0.4, -0.2) is 6.54 Å². The van der Waals surface area contributed by atoms with Crippen molar-refractivity contribution in [3.05, 3.63) is 35.4 Å². The van der Waals surface area contributed by atoms with Gasteiger partial charge in [-0.1, -0.05) is 39.8 Å². The van der Waals surface area contributed by atoms with Gasteiger partial charge in [-0.3, -0.25) is 0 Å². The highest BCUT2D eigenvalue weighted by molar-refractivity contribution is 5.19. The fourth-order valence-electron chi connectivity index (χ4n) is 2.88. The van der Waals surface area contributed by atoms with E-state index in [9.17, 15) is 8.78 Å². The summed E-state index contributed by atoms with van der Waals surface area (Å²) in [6.45, 7) is 10.2. The average Bonchev–Trinajstić information content (AvgIpc) is 2.66. The molecule has 0 bridgehead atoms. The van der Waals surface area contributed by atoms with Gasteiger partial charge in [-0.2, -0.15) is 0 Å². The van der Waals surface area contributed by atoms with Crippen LogP contribution >= 0.6 is 0 Å². The number of halogens is 2.